The summed E-state index contributed by atoms with van der Waals surface area (Å²) < 4.78 is 0. The van der Waals surface area contributed by atoms with Crippen molar-refractivity contribution in [2.24, 2.45) is 5.73 Å². The smallest absolute Gasteiger partial charge is 0.102 e. The Bertz CT molecular complexity index is 205. The fraction of sp³-hybridized carbons (Fsp3) is 0.900. The van der Waals surface area contributed by atoms with Gasteiger partial charge in [-0.3, -0.25) is 0 Å². The lowest BCUT2D eigenvalue weighted by molar-refractivity contribution is 0.251. The Kier molecular flexibility index (Phi) is 3.29. The van der Waals surface area contributed by atoms with Crippen molar-refractivity contribution in [3.05, 3.63) is 0 Å². The highest BCUT2D eigenvalue weighted by molar-refractivity contribution is 5.01. The first kappa shape index (κ1) is 10.5. The molecule has 0 amide bonds. The molecule has 1 saturated heterocycles. The lowest BCUT2D eigenvalue weighted by Gasteiger charge is -2.24. The van der Waals surface area contributed by atoms with Crippen molar-refractivity contribution in [2.75, 3.05) is 13.1 Å². The first-order valence-corrected chi connectivity index (χ1v) is 4.99. The Hall–Kier alpha value is -0.590. The van der Waals surface area contributed by atoms with E-state index >= 15 is 0 Å². The Morgan fingerprint density at radius 2 is 2.38 bits per heavy atom. The Morgan fingerprint density at radius 3 is 2.85 bits per heavy atom. The maximum absolute atomic E-state index is 8.74. The quantitative estimate of drug-likeness (QED) is 0.709. The molecule has 1 heterocycles. The van der Waals surface area contributed by atoms with Crippen LogP contribution in [0.3, 0.4) is 0 Å². The van der Waals surface area contributed by atoms with Crippen molar-refractivity contribution >= 4 is 0 Å². The van der Waals surface area contributed by atoms with Crippen LogP contribution in [-0.4, -0.2) is 29.6 Å². The lowest BCUT2D eigenvalue weighted by Crippen LogP contribution is -2.39. The maximum Gasteiger partial charge on any atom is 0.102 e. The summed E-state index contributed by atoms with van der Waals surface area (Å²) in [5, 5.41) is 8.74. The highest BCUT2D eigenvalue weighted by Gasteiger charge is 2.23. The highest BCUT2D eigenvalue weighted by Crippen LogP contribution is 2.17. The molecule has 0 radical (unpaired) electrons. The fourth-order valence-electron chi connectivity index (χ4n) is 1.76. The predicted octanol–water partition coefficient (Wildman–Crippen LogP) is 1.10. The van der Waals surface area contributed by atoms with Gasteiger partial charge in [0, 0.05) is 12.6 Å². The molecular weight excluding hydrogens is 162 g/mol. The molecule has 1 aliphatic heterocycles. The van der Waals surface area contributed by atoms with Crippen LogP contribution in [0, 0.1) is 11.3 Å². The molecular formula is C10H19N3. The van der Waals surface area contributed by atoms with Gasteiger partial charge in [0.15, 0.2) is 0 Å². The summed E-state index contributed by atoms with van der Waals surface area (Å²) in [6.45, 7) is 6.17. The minimum atomic E-state index is -0.650. The SMILES string of the molecule is CC1CCCN1CCC(C)(N)C#N. The standard InChI is InChI=1S/C10H19N3/c1-9-4-3-6-13(9)7-5-10(2,12)8-11/h9H,3-7,12H2,1-2H3. The number of rotatable bonds is 3. The van der Waals surface area contributed by atoms with Crippen molar-refractivity contribution in [1.82, 2.24) is 4.90 Å². The van der Waals surface area contributed by atoms with Gasteiger partial charge in [-0.15, -0.1) is 0 Å². The molecule has 0 aliphatic carbocycles. The van der Waals surface area contributed by atoms with Gasteiger partial charge in [0.1, 0.15) is 5.54 Å². The summed E-state index contributed by atoms with van der Waals surface area (Å²) in [6.07, 6.45) is 3.34. The molecule has 0 aromatic heterocycles. The largest absolute Gasteiger partial charge is 0.314 e. The first-order chi connectivity index (χ1) is 6.05. The van der Waals surface area contributed by atoms with Gasteiger partial charge in [0.05, 0.1) is 6.07 Å². The zero-order chi connectivity index (χ0) is 9.90. The van der Waals surface area contributed by atoms with Crippen LogP contribution in [0.2, 0.25) is 0 Å². The van der Waals surface area contributed by atoms with E-state index in [0.717, 1.165) is 13.0 Å². The fourth-order valence-corrected chi connectivity index (χ4v) is 1.76. The molecule has 2 N–H and O–H groups in total. The van der Waals surface area contributed by atoms with E-state index in [1.54, 1.807) is 6.92 Å². The molecule has 0 spiro atoms. The normalized spacial score (nSPS) is 28.3. The van der Waals surface area contributed by atoms with E-state index in [-0.39, 0.29) is 0 Å². The maximum atomic E-state index is 8.74. The topological polar surface area (TPSA) is 53.0 Å². The summed E-state index contributed by atoms with van der Waals surface area (Å²) in [7, 11) is 0. The lowest BCUT2D eigenvalue weighted by atomic mass is 10.0. The van der Waals surface area contributed by atoms with Gasteiger partial charge in [-0.05, 0) is 39.7 Å². The second-order valence-electron chi connectivity index (χ2n) is 4.31. The van der Waals surface area contributed by atoms with Crippen LogP contribution in [0.1, 0.15) is 33.1 Å². The average Bonchev–Trinajstić information content (AvgIpc) is 2.48. The van der Waals surface area contributed by atoms with Gasteiger partial charge in [0.25, 0.3) is 0 Å². The summed E-state index contributed by atoms with van der Waals surface area (Å²) in [4.78, 5) is 2.42. The van der Waals surface area contributed by atoms with Crippen LogP contribution < -0.4 is 5.73 Å². The highest BCUT2D eigenvalue weighted by atomic mass is 15.2. The molecule has 3 heteroatoms. The summed E-state index contributed by atoms with van der Waals surface area (Å²) in [6, 6.07) is 2.81. The number of nitrogens with two attached hydrogens (primary N) is 1. The Morgan fingerprint density at radius 1 is 1.69 bits per heavy atom. The molecule has 3 nitrogen and oxygen atoms in total. The van der Waals surface area contributed by atoms with Crippen LogP contribution in [0.15, 0.2) is 0 Å². The van der Waals surface area contributed by atoms with Crippen LogP contribution in [0.4, 0.5) is 0 Å². The molecule has 2 unspecified atom stereocenters. The van der Waals surface area contributed by atoms with Crippen molar-refractivity contribution in [2.45, 2.75) is 44.7 Å². The third kappa shape index (κ3) is 2.98. The van der Waals surface area contributed by atoms with E-state index in [0.29, 0.717) is 6.04 Å². The number of hydrogen-bond acceptors (Lipinski definition) is 3. The van der Waals surface area contributed by atoms with Crippen molar-refractivity contribution < 1.29 is 0 Å². The minimum absolute atomic E-state index is 0.650. The summed E-state index contributed by atoms with van der Waals surface area (Å²) in [5.74, 6) is 0. The summed E-state index contributed by atoms with van der Waals surface area (Å²) in [5.41, 5.74) is 5.10. The van der Waals surface area contributed by atoms with Gasteiger partial charge in [0.2, 0.25) is 0 Å². The number of likely N-dealkylation sites (tertiary alicyclic amines) is 1. The van der Waals surface area contributed by atoms with Crippen LogP contribution in [-0.2, 0) is 0 Å². The predicted molar refractivity (Wildman–Crippen MR) is 53.1 cm³/mol. The van der Waals surface area contributed by atoms with Crippen LogP contribution >= 0.6 is 0 Å². The van der Waals surface area contributed by atoms with E-state index in [2.05, 4.69) is 17.9 Å². The van der Waals surface area contributed by atoms with Gasteiger partial charge in [-0.2, -0.15) is 5.26 Å². The van der Waals surface area contributed by atoms with E-state index < -0.39 is 5.54 Å². The van der Waals surface area contributed by atoms with Gasteiger partial charge in [-0.1, -0.05) is 0 Å². The third-order valence-corrected chi connectivity index (χ3v) is 2.86. The van der Waals surface area contributed by atoms with E-state index in [1.165, 1.54) is 19.4 Å². The van der Waals surface area contributed by atoms with Crippen molar-refractivity contribution in [3.8, 4) is 6.07 Å². The average molecular weight is 181 g/mol. The second-order valence-corrected chi connectivity index (χ2v) is 4.31. The number of nitriles is 1. The van der Waals surface area contributed by atoms with Gasteiger partial charge < -0.3 is 10.6 Å². The molecule has 1 aliphatic rings. The molecule has 1 fully saturated rings. The molecule has 74 valence electrons. The molecule has 0 aromatic carbocycles. The zero-order valence-electron chi connectivity index (χ0n) is 8.58. The van der Waals surface area contributed by atoms with Gasteiger partial charge in [-0.25, -0.2) is 0 Å². The Balaban J connectivity index is 2.30. The van der Waals surface area contributed by atoms with Gasteiger partial charge >= 0.3 is 0 Å². The molecule has 13 heavy (non-hydrogen) atoms. The van der Waals surface area contributed by atoms with E-state index in [1.807, 2.05) is 0 Å². The number of nitrogens with zero attached hydrogens (tertiary/aromatic N) is 2. The van der Waals surface area contributed by atoms with E-state index in [4.69, 9.17) is 11.0 Å². The molecule has 0 saturated carbocycles. The third-order valence-electron chi connectivity index (χ3n) is 2.86. The van der Waals surface area contributed by atoms with Crippen molar-refractivity contribution in [3.63, 3.8) is 0 Å². The number of hydrogen-bond donors (Lipinski definition) is 1. The first-order valence-electron chi connectivity index (χ1n) is 4.99. The molecule has 0 aromatic rings. The Labute approximate surface area is 80.5 Å². The van der Waals surface area contributed by atoms with E-state index in [9.17, 15) is 0 Å². The van der Waals surface area contributed by atoms with Crippen LogP contribution in [0.5, 0.6) is 0 Å². The minimum Gasteiger partial charge on any atom is -0.314 e. The van der Waals surface area contributed by atoms with Crippen LogP contribution in [0.25, 0.3) is 0 Å². The molecule has 0 bridgehead atoms. The second kappa shape index (κ2) is 4.08. The molecule has 2 atom stereocenters. The van der Waals surface area contributed by atoms with Crippen molar-refractivity contribution in [1.29, 1.82) is 5.26 Å². The molecule has 1 rings (SSSR count). The monoisotopic (exact) mass is 181 g/mol. The summed E-state index contributed by atoms with van der Waals surface area (Å²) >= 11 is 0. The zero-order valence-corrected chi connectivity index (χ0v) is 8.58.